The van der Waals surface area contributed by atoms with Gasteiger partial charge in [0.2, 0.25) is 51.4 Å². The molecule has 1 saturated carbocycles. The van der Waals surface area contributed by atoms with Crippen molar-refractivity contribution in [3.63, 3.8) is 0 Å². The molecule has 9 amide bonds. The molecule has 93 heavy (non-hydrogen) atoms. The number of likely N-dealkylation sites (tertiary alicyclic amines) is 2. The number of likely N-dealkylation sites (N-methyl/N-ethyl adjacent to an activating group) is 2. The van der Waals surface area contributed by atoms with Crippen molar-refractivity contribution < 1.29 is 80.5 Å². The zero-order chi connectivity index (χ0) is 69.0. The maximum Gasteiger partial charge on any atom is 0.306 e. The van der Waals surface area contributed by atoms with E-state index in [-0.39, 0.29) is 79.4 Å². The van der Waals surface area contributed by atoms with Crippen LogP contribution >= 0.6 is 0 Å². The van der Waals surface area contributed by atoms with Crippen LogP contribution in [0.3, 0.4) is 0 Å². The van der Waals surface area contributed by atoms with E-state index in [2.05, 4.69) is 31.5 Å². The highest BCUT2D eigenvalue weighted by Crippen LogP contribution is 2.31. The Kier molecular flexibility index (Phi) is 29.5. The third-order valence-corrected chi connectivity index (χ3v) is 19.5. The predicted octanol–water partition coefficient (Wildman–Crippen LogP) is 3.14. The van der Waals surface area contributed by atoms with E-state index in [9.17, 15) is 61.5 Å². The highest BCUT2D eigenvalue weighted by atomic mass is 32.2. The van der Waals surface area contributed by atoms with Gasteiger partial charge in [-0.05, 0) is 113 Å². The smallest absolute Gasteiger partial charge is 0.306 e. The van der Waals surface area contributed by atoms with Crippen molar-refractivity contribution >= 4 is 74.8 Å². The number of aliphatic carboxylic acids is 1. The first-order chi connectivity index (χ1) is 43.9. The second-order valence-electron chi connectivity index (χ2n) is 25.7. The van der Waals surface area contributed by atoms with E-state index in [1.165, 1.54) is 21.1 Å². The van der Waals surface area contributed by atoms with Gasteiger partial charge < -0.3 is 55.3 Å². The molecule has 3 fully saturated rings. The molecule has 10 atom stereocenters. The first-order valence-corrected chi connectivity index (χ1v) is 33.7. The van der Waals surface area contributed by atoms with Gasteiger partial charge in [0.25, 0.3) is 11.8 Å². The van der Waals surface area contributed by atoms with E-state index in [0.29, 0.717) is 81.4 Å². The van der Waals surface area contributed by atoms with Gasteiger partial charge in [0, 0.05) is 65.9 Å². The van der Waals surface area contributed by atoms with Crippen molar-refractivity contribution in [1.29, 1.82) is 0 Å². The number of piperidine rings is 1. The number of sulfonamides is 1. The number of anilines is 1. The second kappa shape index (κ2) is 35.8. The molecule has 5 rings (SSSR count). The molecule has 518 valence electrons. The SMILES string of the molecule is CCC(C)C(C(CC(=O)N1CCCC1C(OC)C(C)C(=O)NC(Cc1ccc(OCC(=O)NOCc2ccc(NC(=O)C(C)NC(=O)CCC(=O)N3CCC(C(=O)O)CC3)cc2)cc1)C(=O)NS(=O)(=O)C1CC1)OC)N(C)C(=O)C(NC(=O)C(C(C)C)N(C)C)C(C)C. The van der Waals surface area contributed by atoms with Crippen molar-refractivity contribution in [1.82, 2.24) is 45.8 Å². The molecule has 3 aliphatic rings. The molecule has 2 aliphatic heterocycles. The normalized spacial score (nSPS) is 18.2. The van der Waals surface area contributed by atoms with Crippen LogP contribution in [0.4, 0.5) is 5.69 Å². The van der Waals surface area contributed by atoms with Crippen molar-refractivity contribution in [3.05, 3.63) is 59.7 Å². The van der Waals surface area contributed by atoms with Crippen molar-refractivity contribution in [3.8, 4) is 5.75 Å². The molecule has 2 aromatic rings. The van der Waals surface area contributed by atoms with Crippen molar-refractivity contribution in [2.75, 3.05) is 66.9 Å². The van der Waals surface area contributed by atoms with Crippen LogP contribution in [0, 0.1) is 29.6 Å². The third kappa shape index (κ3) is 22.4. The van der Waals surface area contributed by atoms with Crippen LogP contribution in [-0.4, -0.2) is 208 Å². The van der Waals surface area contributed by atoms with Gasteiger partial charge in [-0.15, -0.1) is 0 Å². The Morgan fingerprint density at radius 1 is 0.699 bits per heavy atom. The maximum absolute atomic E-state index is 14.6. The van der Waals surface area contributed by atoms with Gasteiger partial charge in [0.15, 0.2) is 6.61 Å². The van der Waals surface area contributed by atoms with Crippen LogP contribution in [0.25, 0.3) is 0 Å². The molecule has 0 bridgehead atoms. The van der Waals surface area contributed by atoms with Gasteiger partial charge in [0.05, 0.1) is 60.4 Å². The Bertz CT molecular complexity index is 2990. The molecule has 0 radical (unpaired) electrons. The second-order valence-corrected chi connectivity index (χ2v) is 27.6. The number of amides is 9. The van der Waals surface area contributed by atoms with Crippen molar-refractivity contribution in [2.45, 2.75) is 186 Å². The van der Waals surface area contributed by atoms with Gasteiger partial charge in [-0.25, -0.2) is 13.9 Å². The molecule has 2 heterocycles. The lowest BCUT2D eigenvalue weighted by atomic mass is 9.89. The highest BCUT2D eigenvalue weighted by Gasteiger charge is 2.45. The minimum absolute atomic E-state index is 0.0187. The van der Waals surface area contributed by atoms with E-state index in [4.69, 9.17) is 19.0 Å². The van der Waals surface area contributed by atoms with Gasteiger partial charge in [0.1, 0.15) is 23.9 Å². The van der Waals surface area contributed by atoms with Crippen LogP contribution in [0.2, 0.25) is 0 Å². The Hall–Kier alpha value is -7.27. The molecule has 10 unspecified atom stereocenters. The third-order valence-electron chi connectivity index (χ3n) is 17.7. The van der Waals surface area contributed by atoms with E-state index < -0.39 is 118 Å². The number of carboxylic acids is 1. The molecular formula is C65H100N10O17S. The minimum Gasteiger partial charge on any atom is -0.484 e. The van der Waals surface area contributed by atoms with E-state index in [1.807, 2.05) is 60.5 Å². The summed E-state index contributed by atoms with van der Waals surface area (Å²) >= 11 is 0. The number of carbonyl (C=O) groups excluding carboxylic acids is 9. The zero-order valence-electron chi connectivity index (χ0n) is 56.2. The van der Waals surface area contributed by atoms with Crippen LogP contribution in [0.15, 0.2) is 48.5 Å². The number of hydroxylamine groups is 1. The number of nitrogens with one attached hydrogen (secondary N) is 6. The van der Waals surface area contributed by atoms with Crippen LogP contribution in [0.5, 0.6) is 5.75 Å². The number of hydrogen-bond donors (Lipinski definition) is 7. The van der Waals surface area contributed by atoms with Gasteiger partial charge in [-0.3, -0.25) is 62.4 Å². The average molecular weight is 1330 g/mol. The van der Waals surface area contributed by atoms with Gasteiger partial charge in [-0.1, -0.05) is 79.2 Å². The summed E-state index contributed by atoms with van der Waals surface area (Å²) in [4.78, 5) is 145. The number of hydrogen-bond acceptors (Lipinski definition) is 17. The molecule has 7 N–H and O–H groups in total. The van der Waals surface area contributed by atoms with Crippen LogP contribution in [-0.2, 0) is 85.3 Å². The summed E-state index contributed by atoms with van der Waals surface area (Å²) in [5.41, 5.74) is 3.87. The van der Waals surface area contributed by atoms with Gasteiger partial charge >= 0.3 is 5.97 Å². The molecular weight excluding hydrogens is 1220 g/mol. The largest absolute Gasteiger partial charge is 0.484 e. The summed E-state index contributed by atoms with van der Waals surface area (Å²) in [6.07, 6.45) is 1.15. The lowest BCUT2D eigenvalue weighted by Gasteiger charge is -2.41. The predicted molar refractivity (Wildman–Crippen MR) is 345 cm³/mol. The Morgan fingerprint density at radius 2 is 1.33 bits per heavy atom. The highest BCUT2D eigenvalue weighted by molar-refractivity contribution is 7.90. The zero-order valence-corrected chi connectivity index (χ0v) is 57.0. The molecule has 0 spiro atoms. The molecule has 0 aromatic heterocycles. The molecule has 27 nitrogen and oxygen atoms in total. The Morgan fingerprint density at radius 3 is 1.89 bits per heavy atom. The average Bonchev–Trinajstić information content (AvgIpc) is 1.82. The fourth-order valence-electron chi connectivity index (χ4n) is 12.0. The first-order valence-electron chi connectivity index (χ1n) is 32.2. The fraction of sp³-hybridized carbons (Fsp3) is 0.662. The minimum atomic E-state index is -4.03. The number of rotatable bonds is 36. The summed E-state index contributed by atoms with van der Waals surface area (Å²) in [5, 5.41) is 19.5. The fourth-order valence-corrected chi connectivity index (χ4v) is 13.3. The number of ether oxygens (including phenoxy) is 3. The number of benzene rings is 2. The van der Waals surface area contributed by atoms with E-state index >= 15 is 0 Å². The molecule has 28 heteroatoms. The summed E-state index contributed by atoms with van der Waals surface area (Å²) < 4.78 is 46.0. The molecule has 2 aromatic carbocycles. The number of carboxylic acid groups (broad SMARTS) is 1. The number of carbonyl (C=O) groups is 10. The quantitative estimate of drug-likeness (QED) is 0.0482. The molecule has 1 aliphatic carbocycles. The molecule has 2 saturated heterocycles. The number of nitrogens with zero attached hydrogens (tertiary/aromatic N) is 4. The van der Waals surface area contributed by atoms with Crippen LogP contribution < -0.4 is 36.2 Å². The van der Waals surface area contributed by atoms with E-state index in [1.54, 1.807) is 77.2 Å². The standard InChI is InChI=1S/C65H100N10O17S/c1-14-40(6)58(73(11)64(84)56(38(2)3)69-63(83)57(39(4)5)72(9)10)51(89-12)35-55(79)75-31-15-16-50(75)59(90-13)41(7)60(80)68-49(62(82)71-93(87,88)48-25-26-48)34-43-19-23-47(24-20-43)91-37-53(77)70-92-36-44-17-21-46(22-18-44)67-61(81)42(8)66-52(76)27-28-54(78)74-32-29-45(30-33-74)65(85)86/h17-24,38-42,45,48-51,56-59H,14-16,25-37H2,1-13H3,(H,66,76)(H,67,81)(H,68,80)(H,69,83)(H,70,77)(H,71,82)(H,85,86). The Labute approximate surface area is 547 Å². The summed E-state index contributed by atoms with van der Waals surface area (Å²) in [6, 6.07) is 8.04. The summed E-state index contributed by atoms with van der Waals surface area (Å²) in [5.74, 6) is -6.75. The van der Waals surface area contributed by atoms with Gasteiger partial charge in [-0.2, -0.15) is 0 Å². The number of methoxy groups -OCH3 is 2. The maximum atomic E-state index is 14.6. The van der Waals surface area contributed by atoms with E-state index in [0.717, 1.165) is 0 Å². The lowest BCUT2D eigenvalue weighted by Crippen LogP contribution is -2.59. The summed E-state index contributed by atoms with van der Waals surface area (Å²) in [7, 11) is 4.22. The monoisotopic (exact) mass is 1320 g/mol. The Balaban J connectivity index is 1.13. The summed E-state index contributed by atoms with van der Waals surface area (Å²) in [6.45, 7) is 15.2. The van der Waals surface area contributed by atoms with Crippen LogP contribution in [0.1, 0.15) is 131 Å². The lowest BCUT2D eigenvalue weighted by molar-refractivity contribution is -0.148. The topological polar surface area (TPSA) is 347 Å². The van der Waals surface area contributed by atoms with Crippen molar-refractivity contribution in [2.24, 2.45) is 29.6 Å². The first kappa shape index (κ1) is 76.4.